The number of carboxylic acids is 1. The van der Waals surface area contributed by atoms with E-state index in [-0.39, 0.29) is 0 Å². The number of hydrogen-bond donors (Lipinski definition) is 2. The molecule has 1 aromatic carbocycles. The quantitative estimate of drug-likeness (QED) is 0.859. The van der Waals surface area contributed by atoms with E-state index in [1.807, 2.05) is 13.8 Å². The van der Waals surface area contributed by atoms with Crippen molar-refractivity contribution in [1.29, 1.82) is 0 Å². The average molecular weight is 250 g/mol. The van der Waals surface area contributed by atoms with Gasteiger partial charge in [0.05, 0.1) is 18.6 Å². The van der Waals surface area contributed by atoms with E-state index in [9.17, 15) is 15.0 Å². The molecule has 2 rings (SSSR count). The molecule has 0 spiro atoms. The van der Waals surface area contributed by atoms with Gasteiger partial charge in [-0.1, -0.05) is 0 Å². The smallest absolute Gasteiger partial charge is 0.312 e. The number of hydrogen-bond acceptors (Lipinski definition) is 3. The molecule has 1 unspecified atom stereocenters. The second-order valence-electron chi connectivity index (χ2n) is 5.05. The maximum Gasteiger partial charge on any atom is 0.312 e. The molecule has 0 saturated heterocycles. The number of carbonyl (C=O) groups is 1. The minimum Gasteiger partial charge on any atom is -0.496 e. The molecular weight excluding hydrogens is 232 g/mol. The van der Waals surface area contributed by atoms with Gasteiger partial charge in [0, 0.05) is 0 Å². The molecule has 0 bridgehead atoms. The molecule has 0 aromatic heterocycles. The highest BCUT2D eigenvalue weighted by atomic mass is 16.5. The van der Waals surface area contributed by atoms with Crippen LogP contribution in [0.1, 0.15) is 35.6 Å². The first-order chi connectivity index (χ1) is 8.42. The molecule has 0 radical (unpaired) electrons. The summed E-state index contributed by atoms with van der Waals surface area (Å²) in [6.45, 7) is 3.78. The molecule has 98 valence electrons. The number of ether oxygens (including phenoxy) is 1. The Morgan fingerprint density at radius 1 is 1.33 bits per heavy atom. The van der Waals surface area contributed by atoms with E-state index in [0.29, 0.717) is 18.4 Å². The van der Waals surface area contributed by atoms with E-state index in [1.165, 1.54) is 0 Å². The van der Waals surface area contributed by atoms with Crippen molar-refractivity contribution in [2.45, 2.75) is 32.8 Å². The summed E-state index contributed by atoms with van der Waals surface area (Å²) in [5.41, 5.74) is 1.50. The van der Waals surface area contributed by atoms with Crippen LogP contribution in [0.3, 0.4) is 0 Å². The van der Waals surface area contributed by atoms with Gasteiger partial charge in [0.25, 0.3) is 0 Å². The van der Waals surface area contributed by atoms with Gasteiger partial charge in [-0.3, -0.25) is 4.79 Å². The zero-order chi connectivity index (χ0) is 13.5. The van der Waals surface area contributed by atoms with Crippen molar-refractivity contribution in [2.75, 3.05) is 7.11 Å². The lowest BCUT2D eigenvalue weighted by atomic mass is 9.90. The lowest BCUT2D eigenvalue weighted by Crippen LogP contribution is -2.23. The second-order valence-corrected chi connectivity index (χ2v) is 5.05. The molecule has 1 aromatic rings. The van der Waals surface area contributed by atoms with Crippen LogP contribution >= 0.6 is 0 Å². The van der Waals surface area contributed by atoms with Crippen molar-refractivity contribution < 1.29 is 19.7 Å². The van der Waals surface area contributed by atoms with Gasteiger partial charge >= 0.3 is 5.97 Å². The van der Waals surface area contributed by atoms with Gasteiger partial charge in [-0.05, 0) is 55.5 Å². The number of aliphatic hydroxyl groups is 1. The molecule has 1 aliphatic carbocycles. The van der Waals surface area contributed by atoms with Crippen LogP contribution in [-0.2, 0) is 4.79 Å². The standard InChI is InChI=1S/C14H18O4/c1-8-6-10(7-9(2)11(8)18-3)12(15)14(4-5-14)13(16)17/h6-7,12,15H,4-5H2,1-3H3,(H,16,17). The first-order valence-corrected chi connectivity index (χ1v) is 5.99. The molecule has 0 aliphatic heterocycles. The van der Waals surface area contributed by atoms with Crippen LogP contribution in [0, 0.1) is 19.3 Å². The van der Waals surface area contributed by atoms with Gasteiger partial charge in [-0.2, -0.15) is 0 Å². The predicted octanol–water partition coefficient (Wildman–Crippen LogP) is 2.21. The fraction of sp³-hybridized carbons (Fsp3) is 0.500. The van der Waals surface area contributed by atoms with Crippen LogP contribution in [0.25, 0.3) is 0 Å². The number of aliphatic hydroxyl groups excluding tert-OH is 1. The van der Waals surface area contributed by atoms with Crippen molar-refractivity contribution in [3.63, 3.8) is 0 Å². The van der Waals surface area contributed by atoms with Gasteiger partial charge in [-0.25, -0.2) is 0 Å². The van der Waals surface area contributed by atoms with Crippen molar-refractivity contribution in [3.05, 3.63) is 28.8 Å². The highest BCUT2D eigenvalue weighted by molar-refractivity contribution is 5.79. The molecule has 0 amide bonds. The Morgan fingerprint density at radius 2 is 1.83 bits per heavy atom. The number of benzene rings is 1. The number of rotatable bonds is 4. The number of methoxy groups -OCH3 is 1. The van der Waals surface area contributed by atoms with Crippen LogP contribution in [-0.4, -0.2) is 23.3 Å². The molecule has 0 heterocycles. The summed E-state index contributed by atoms with van der Waals surface area (Å²) < 4.78 is 5.26. The summed E-state index contributed by atoms with van der Waals surface area (Å²) >= 11 is 0. The Labute approximate surface area is 106 Å². The number of aliphatic carboxylic acids is 1. The highest BCUT2D eigenvalue weighted by Gasteiger charge is 2.56. The lowest BCUT2D eigenvalue weighted by Gasteiger charge is -2.20. The Morgan fingerprint density at radius 3 is 2.17 bits per heavy atom. The first-order valence-electron chi connectivity index (χ1n) is 5.99. The van der Waals surface area contributed by atoms with E-state index in [2.05, 4.69) is 0 Å². The van der Waals surface area contributed by atoms with Crippen LogP contribution in [0.15, 0.2) is 12.1 Å². The van der Waals surface area contributed by atoms with Crippen LogP contribution < -0.4 is 4.74 Å². The number of aryl methyl sites for hydroxylation is 2. The number of carboxylic acid groups (broad SMARTS) is 1. The monoisotopic (exact) mass is 250 g/mol. The summed E-state index contributed by atoms with van der Waals surface area (Å²) in [6.07, 6.45) is 0.125. The Balaban J connectivity index is 2.38. The second kappa shape index (κ2) is 4.28. The minimum absolute atomic E-state index is 0.535. The molecule has 1 fully saturated rings. The lowest BCUT2D eigenvalue weighted by molar-refractivity contribution is -0.148. The van der Waals surface area contributed by atoms with Crippen molar-refractivity contribution >= 4 is 5.97 Å². The van der Waals surface area contributed by atoms with Gasteiger partial charge in [-0.15, -0.1) is 0 Å². The maximum atomic E-state index is 11.2. The summed E-state index contributed by atoms with van der Waals surface area (Å²) in [5.74, 6) is -0.132. The topological polar surface area (TPSA) is 66.8 Å². The van der Waals surface area contributed by atoms with E-state index >= 15 is 0 Å². The van der Waals surface area contributed by atoms with E-state index in [4.69, 9.17) is 4.74 Å². The van der Waals surface area contributed by atoms with Crippen LogP contribution in [0.5, 0.6) is 5.75 Å². The van der Waals surface area contributed by atoms with Crippen molar-refractivity contribution in [3.8, 4) is 5.75 Å². The molecular formula is C14H18O4. The Bertz CT molecular complexity index is 466. The molecule has 1 saturated carbocycles. The predicted molar refractivity (Wildman–Crippen MR) is 66.7 cm³/mol. The van der Waals surface area contributed by atoms with E-state index < -0.39 is 17.5 Å². The minimum atomic E-state index is -0.979. The zero-order valence-corrected chi connectivity index (χ0v) is 10.9. The molecule has 1 aliphatic rings. The van der Waals surface area contributed by atoms with Crippen molar-refractivity contribution in [1.82, 2.24) is 0 Å². The Hall–Kier alpha value is -1.55. The average Bonchev–Trinajstić information content (AvgIpc) is 3.08. The van der Waals surface area contributed by atoms with Gasteiger partial charge in [0.15, 0.2) is 0 Å². The molecule has 4 heteroatoms. The third-order valence-electron chi connectivity index (χ3n) is 3.74. The summed E-state index contributed by atoms with van der Waals surface area (Å²) in [6, 6.07) is 3.61. The highest BCUT2D eigenvalue weighted by Crippen LogP contribution is 2.55. The van der Waals surface area contributed by atoms with Gasteiger partial charge < -0.3 is 14.9 Å². The van der Waals surface area contributed by atoms with E-state index in [0.717, 1.165) is 16.9 Å². The summed E-state index contributed by atoms with van der Waals surface area (Å²) in [7, 11) is 1.60. The van der Waals surface area contributed by atoms with Gasteiger partial charge in [0.2, 0.25) is 0 Å². The first kappa shape index (κ1) is 12.9. The van der Waals surface area contributed by atoms with Crippen molar-refractivity contribution in [2.24, 2.45) is 5.41 Å². The fourth-order valence-corrected chi connectivity index (χ4v) is 2.52. The molecule has 18 heavy (non-hydrogen) atoms. The van der Waals surface area contributed by atoms with Crippen LogP contribution in [0.4, 0.5) is 0 Å². The summed E-state index contributed by atoms with van der Waals surface area (Å²) in [5, 5.41) is 19.5. The molecule has 1 atom stereocenters. The van der Waals surface area contributed by atoms with Gasteiger partial charge in [0.1, 0.15) is 5.75 Å². The van der Waals surface area contributed by atoms with E-state index in [1.54, 1.807) is 19.2 Å². The molecule has 4 nitrogen and oxygen atoms in total. The third kappa shape index (κ3) is 1.86. The largest absolute Gasteiger partial charge is 0.496 e. The zero-order valence-electron chi connectivity index (χ0n) is 10.9. The molecule has 2 N–H and O–H groups in total. The van der Waals surface area contributed by atoms with Crippen LogP contribution in [0.2, 0.25) is 0 Å². The third-order valence-corrected chi connectivity index (χ3v) is 3.74. The fourth-order valence-electron chi connectivity index (χ4n) is 2.52. The summed E-state index contributed by atoms with van der Waals surface area (Å²) in [4.78, 5) is 11.2. The maximum absolute atomic E-state index is 11.2. The Kier molecular flexibility index (Phi) is 3.07. The SMILES string of the molecule is COc1c(C)cc(C(O)C2(C(=O)O)CC2)cc1C. The normalized spacial score (nSPS) is 18.2.